The molecule has 1 aliphatic heterocycles. The third kappa shape index (κ3) is 5.75. The van der Waals surface area contributed by atoms with Gasteiger partial charge in [-0.2, -0.15) is 0 Å². The van der Waals surface area contributed by atoms with Crippen LogP contribution in [0, 0.1) is 12.7 Å². The van der Waals surface area contributed by atoms with Gasteiger partial charge < -0.3 is 10.6 Å². The van der Waals surface area contributed by atoms with Crippen molar-refractivity contribution >= 4 is 17.5 Å². The van der Waals surface area contributed by atoms with E-state index in [0.29, 0.717) is 29.3 Å². The Kier molecular flexibility index (Phi) is 6.99. The molecule has 3 aromatic rings. The van der Waals surface area contributed by atoms with Crippen LogP contribution >= 0.6 is 0 Å². The number of carbonyl (C=O) groups excluding carboxylic acids is 2. The Morgan fingerprint density at radius 3 is 2.70 bits per heavy atom. The SMILES string of the molecule is Cc1nc([C@@H]2CCCN2CC(=O)NCc2ccccn2)ncc1C(=O)Nc1ccc(F)cc1. The number of aromatic nitrogens is 3. The molecule has 9 heteroatoms. The fourth-order valence-corrected chi connectivity index (χ4v) is 3.84. The van der Waals surface area contributed by atoms with Gasteiger partial charge in [0.25, 0.3) is 5.91 Å². The molecule has 2 amide bonds. The summed E-state index contributed by atoms with van der Waals surface area (Å²) in [7, 11) is 0. The fraction of sp³-hybridized carbons (Fsp3) is 0.292. The van der Waals surface area contributed by atoms with Gasteiger partial charge in [-0.3, -0.25) is 19.5 Å². The van der Waals surface area contributed by atoms with Crippen LogP contribution in [0.4, 0.5) is 10.1 Å². The largest absolute Gasteiger partial charge is 0.349 e. The van der Waals surface area contributed by atoms with E-state index in [9.17, 15) is 14.0 Å². The summed E-state index contributed by atoms with van der Waals surface area (Å²) in [6.07, 6.45) is 4.98. The minimum atomic E-state index is -0.372. The average molecular weight is 449 g/mol. The van der Waals surface area contributed by atoms with Gasteiger partial charge >= 0.3 is 0 Å². The van der Waals surface area contributed by atoms with Gasteiger partial charge in [-0.25, -0.2) is 14.4 Å². The lowest BCUT2D eigenvalue weighted by atomic mass is 10.1. The first-order chi connectivity index (χ1) is 16.0. The third-order valence-corrected chi connectivity index (χ3v) is 5.55. The molecule has 0 spiro atoms. The lowest BCUT2D eigenvalue weighted by Gasteiger charge is -2.23. The van der Waals surface area contributed by atoms with E-state index in [1.807, 2.05) is 18.2 Å². The number of nitrogens with one attached hydrogen (secondary N) is 2. The number of hydrogen-bond acceptors (Lipinski definition) is 6. The Morgan fingerprint density at radius 1 is 1.15 bits per heavy atom. The van der Waals surface area contributed by atoms with Gasteiger partial charge in [0.1, 0.15) is 11.6 Å². The highest BCUT2D eigenvalue weighted by Crippen LogP contribution is 2.29. The number of amides is 2. The normalized spacial score (nSPS) is 15.9. The van der Waals surface area contributed by atoms with Crippen molar-refractivity contribution in [2.24, 2.45) is 0 Å². The first-order valence-electron chi connectivity index (χ1n) is 10.8. The van der Waals surface area contributed by atoms with Crippen LogP contribution < -0.4 is 10.6 Å². The minimum Gasteiger partial charge on any atom is -0.349 e. The van der Waals surface area contributed by atoms with Crippen molar-refractivity contribution in [2.45, 2.75) is 32.4 Å². The molecule has 1 aromatic carbocycles. The lowest BCUT2D eigenvalue weighted by Crippen LogP contribution is -2.37. The Labute approximate surface area is 191 Å². The second-order valence-electron chi connectivity index (χ2n) is 7.91. The number of nitrogens with zero attached hydrogens (tertiary/aromatic N) is 4. The number of halogens is 1. The first kappa shape index (κ1) is 22.5. The van der Waals surface area contributed by atoms with E-state index in [-0.39, 0.29) is 30.2 Å². The van der Waals surface area contributed by atoms with E-state index < -0.39 is 0 Å². The smallest absolute Gasteiger partial charge is 0.259 e. The minimum absolute atomic E-state index is 0.0837. The molecule has 1 saturated heterocycles. The van der Waals surface area contributed by atoms with Gasteiger partial charge in [-0.1, -0.05) is 6.07 Å². The van der Waals surface area contributed by atoms with Crippen LogP contribution in [0.15, 0.2) is 54.9 Å². The quantitative estimate of drug-likeness (QED) is 0.576. The van der Waals surface area contributed by atoms with Crippen molar-refractivity contribution in [3.63, 3.8) is 0 Å². The molecule has 170 valence electrons. The summed E-state index contributed by atoms with van der Waals surface area (Å²) < 4.78 is 13.1. The number of rotatable bonds is 7. The molecule has 0 saturated carbocycles. The zero-order valence-corrected chi connectivity index (χ0v) is 18.3. The zero-order valence-electron chi connectivity index (χ0n) is 18.3. The Bertz CT molecular complexity index is 1120. The molecule has 8 nitrogen and oxygen atoms in total. The van der Waals surface area contributed by atoms with Gasteiger partial charge in [-0.05, 0) is 62.7 Å². The van der Waals surface area contributed by atoms with E-state index in [0.717, 1.165) is 25.1 Å². The zero-order chi connectivity index (χ0) is 23.2. The number of pyridine rings is 1. The maximum absolute atomic E-state index is 13.1. The monoisotopic (exact) mass is 448 g/mol. The van der Waals surface area contributed by atoms with Gasteiger partial charge in [0.15, 0.2) is 0 Å². The third-order valence-electron chi connectivity index (χ3n) is 5.55. The van der Waals surface area contributed by atoms with E-state index in [2.05, 4.69) is 30.5 Å². The summed E-state index contributed by atoms with van der Waals surface area (Å²) in [4.78, 5) is 40.3. The van der Waals surface area contributed by atoms with Crippen molar-refractivity contribution in [3.8, 4) is 0 Å². The molecule has 3 heterocycles. The molecule has 1 fully saturated rings. The van der Waals surface area contributed by atoms with Crippen LogP contribution in [-0.4, -0.2) is 44.8 Å². The highest BCUT2D eigenvalue weighted by molar-refractivity contribution is 6.04. The van der Waals surface area contributed by atoms with Crippen molar-refractivity contribution in [2.75, 3.05) is 18.4 Å². The molecule has 1 atom stereocenters. The molecular formula is C24H25FN6O2. The lowest BCUT2D eigenvalue weighted by molar-refractivity contribution is -0.122. The predicted octanol–water partition coefficient (Wildman–Crippen LogP) is 3.02. The Morgan fingerprint density at radius 2 is 1.97 bits per heavy atom. The van der Waals surface area contributed by atoms with Crippen LogP contribution in [0.2, 0.25) is 0 Å². The van der Waals surface area contributed by atoms with E-state index in [1.54, 1.807) is 13.1 Å². The topological polar surface area (TPSA) is 100 Å². The van der Waals surface area contributed by atoms with Crippen molar-refractivity contribution in [3.05, 3.63) is 83.5 Å². The second-order valence-corrected chi connectivity index (χ2v) is 7.91. The van der Waals surface area contributed by atoms with E-state index in [4.69, 9.17) is 0 Å². The molecule has 33 heavy (non-hydrogen) atoms. The summed E-state index contributed by atoms with van der Waals surface area (Å²) in [5, 5.41) is 5.62. The van der Waals surface area contributed by atoms with Crippen LogP contribution in [0.5, 0.6) is 0 Å². The van der Waals surface area contributed by atoms with Gasteiger partial charge in [-0.15, -0.1) is 0 Å². The second kappa shape index (κ2) is 10.3. The number of likely N-dealkylation sites (tertiary alicyclic amines) is 1. The molecular weight excluding hydrogens is 423 g/mol. The van der Waals surface area contributed by atoms with Crippen LogP contribution in [0.1, 0.15) is 46.5 Å². The summed E-state index contributed by atoms with van der Waals surface area (Å²) in [6.45, 7) is 3.15. The van der Waals surface area contributed by atoms with Crippen LogP contribution in [0.3, 0.4) is 0 Å². The molecule has 2 aromatic heterocycles. The van der Waals surface area contributed by atoms with E-state index >= 15 is 0 Å². The highest BCUT2D eigenvalue weighted by Gasteiger charge is 2.30. The summed E-state index contributed by atoms with van der Waals surface area (Å²) in [6, 6.07) is 11.0. The highest BCUT2D eigenvalue weighted by atomic mass is 19.1. The molecule has 0 bridgehead atoms. The van der Waals surface area contributed by atoms with Crippen molar-refractivity contribution in [1.29, 1.82) is 0 Å². The Balaban J connectivity index is 1.38. The summed E-state index contributed by atoms with van der Waals surface area (Å²) in [5.41, 5.74) is 2.19. The average Bonchev–Trinajstić information content (AvgIpc) is 3.27. The van der Waals surface area contributed by atoms with Gasteiger partial charge in [0.05, 0.1) is 36.1 Å². The summed E-state index contributed by atoms with van der Waals surface area (Å²) >= 11 is 0. The molecule has 0 aliphatic carbocycles. The predicted molar refractivity (Wildman–Crippen MR) is 121 cm³/mol. The molecule has 0 unspecified atom stereocenters. The molecule has 4 rings (SSSR count). The van der Waals surface area contributed by atoms with Crippen molar-refractivity contribution < 1.29 is 14.0 Å². The summed E-state index contributed by atoms with van der Waals surface area (Å²) in [5.74, 6) is -0.216. The van der Waals surface area contributed by atoms with Gasteiger partial charge in [0, 0.05) is 18.1 Å². The maximum atomic E-state index is 13.1. The van der Waals surface area contributed by atoms with Crippen LogP contribution in [0.25, 0.3) is 0 Å². The number of anilines is 1. The molecule has 1 aliphatic rings. The number of aryl methyl sites for hydroxylation is 1. The standard InChI is InChI=1S/C24H25FN6O2/c1-16-20(24(33)30-18-9-7-17(25)8-10-18)14-28-23(29-16)21-6-4-12-31(21)15-22(32)27-13-19-5-2-3-11-26-19/h2-3,5,7-11,14,21H,4,6,12-13,15H2,1H3,(H,27,32)(H,30,33)/t21-/m0/s1. The maximum Gasteiger partial charge on any atom is 0.259 e. The van der Waals surface area contributed by atoms with E-state index in [1.165, 1.54) is 30.5 Å². The number of benzene rings is 1. The number of hydrogen-bond donors (Lipinski definition) is 2. The van der Waals surface area contributed by atoms with Gasteiger partial charge in [0.2, 0.25) is 5.91 Å². The van der Waals surface area contributed by atoms with Crippen molar-refractivity contribution in [1.82, 2.24) is 25.2 Å². The molecule has 2 N–H and O–H groups in total. The molecule has 0 radical (unpaired) electrons. The first-order valence-corrected chi connectivity index (χ1v) is 10.8. The number of carbonyl (C=O) groups is 2. The van der Waals surface area contributed by atoms with Crippen LogP contribution in [-0.2, 0) is 11.3 Å². The Hall–Kier alpha value is -3.72. The fourth-order valence-electron chi connectivity index (χ4n) is 3.84.